The number of oxazole rings is 1. The van der Waals surface area contributed by atoms with Crippen LogP contribution >= 0.6 is 24.8 Å². The van der Waals surface area contributed by atoms with Crippen molar-refractivity contribution in [3.8, 4) is 11.5 Å². The zero-order valence-electron chi connectivity index (χ0n) is 9.11. The van der Waals surface area contributed by atoms with Crippen molar-refractivity contribution in [2.24, 2.45) is 0 Å². The van der Waals surface area contributed by atoms with Gasteiger partial charge in [-0.1, -0.05) is 0 Å². The minimum Gasteiger partial charge on any atom is -0.418 e. The first-order valence-electron chi connectivity index (χ1n) is 4.75. The van der Waals surface area contributed by atoms with Crippen molar-refractivity contribution >= 4 is 41.7 Å². The van der Waals surface area contributed by atoms with E-state index in [-0.39, 0.29) is 24.8 Å². The summed E-state index contributed by atoms with van der Waals surface area (Å²) in [5, 5.41) is 0. The van der Waals surface area contributed by atoms with E-state index in [1.54, 1.807) is 18.3 Å². The Morgan fingerprint density at radius 2 is 1.78 bits per heavy atom. The van der Waals surface area contributed by atoms with Gasteiger partial charge in [0.15, 0.2) is 0 Å². The molecule has 7 heteroatoms. The molecule has 2 N–H and O–H groups in total. The molecule has 3 rings (SSSR count). The number of nitrogen functional groups attached to an aromatic ring is 1. The summed E-state index contributed by atoms with van der Waals surface area (Å²) in [5.41, 5.74) is 8.32. The molecule has 0 fully saturated rings. The Morgan fingerprint density at radius 1 is 1.06 bits per heavy atom. The van der Waals surface area contributed by atoms with E-state index in [1.807, 2.05) is 12.1 Å². The molecule has 1 aromatic carbocycles. The second-order valence-electron chi connectivity index (χ2n) is 3.35. The van der Waals surface area contributed by atoms with Crippen LogP contribution in [0.25, 0.3) is 22.7 Å². The Bertz CT molecular complexity index is 606. The van der Waals surface area contributed by atoms with E-state index in [0.717, 1.165) is 5.56 Å². The fourth-order valence-corrected chi connectivity index (χ4v) is 1.44. The smallest absolute Gasteiger partial charge is 0.250 e. The first-order valence-corrected chi connectivity index (χ1v) is 4.75. The maximum Gasteiger partial charge on any atom is 0.250 e. The normalized spacial score (nSPS) is 9.56. The van der Waals surface area contributed by atoms with E-state index in [1.165, 1.54) is 6.33 Å². The molecule has 2 aromatic heterocycles. The number of rotatable bonds is 1. The molecular weight excluding hydrogens is 275 g/mol. The average molecular weight is 285 g/mol. The lowest BCUT2D eigenvalue weighted by atomic mass is 10.2. The molecular formula is C11H10Cl2N4O. The average Bonchev–Trinajstić information content (AvgIpc) is 2.73. The monoisotopic (exact) mass is 284 g/mol. The number of anilines is 1. The van der Waals surface area contributed by atoms with Gasteiger partial charge in [0, 0.05) is 11.3 Å². The van der Waals surface area contributed by atoms with Gasteiger partial charge in [-0.3, -0.25) is 0 Å². The van der Waals surface area contributed by atoms with E-state index in [9.17, 15) is 0 Å². The lowest BCUT2D eigenvalue weighted by Gasteiger charge is -1.94. The van der Waals surface area contributed by atoms with Crippen molar-refractivity contribution in [2.75, 3.05) is 5.73 Å². The van der Waals surface area contributed by atoms with Gasteiger partial charge in [0.1, 0.15) is 11.8 Å². The molecule has 0 saturated heterocycles. The van der Waals surface area contributed by atoms with E-state index in [2.05, 4.69) is 15.0 Å². The van der Waals surface area contributed by atoms with Gasteiger partial charge in [0.2, 0.25) is 11.6 Å². The number of nitrogens with two attached hydrogens (primary N) is 1. The summed E-state index contributed by atoms with van der Waals surface area (Å²) < 4.78 is 5.49. The van der Waals surface area contributed by atoms with E-state index >= 15 is 0 Å². The van der Waals surface area contributed by atoms with Gasteiger partial charge in [-0.15, -0.1) is 24.8 Å². The standard InChI is InChI=1S/C11H8N4O.2ClH/c12-8-3-1-7(2-4-8)10-15-9-5-13-6-14-11(9)16-10;;/h1-6H,12H2;2*1H. The summed E-state index contributed by atoms with van der Waals surface area (Å²) in [6.45, 7) is 0. The SMILES string of the molecule is Cl.Cl.Nc1ccc(-c2nc3cncnc3o2)cc1. The van der Waals surface area contributed by atoms with E-state index in [0.29, 0.717) is 22.8 Å². The second-order valence-corrected chi connectivity index (χ2v) is 3.35. The number of benzene rings is 1. The molecule has 0 aliphatic carbocycles. The fraction of sp³-hybridized carbons (Fsp3) is 0. The summed E-state index contributed by atoms with van der Waals surface area (Å²) in [6.07, 6.45) is 3.05. The predicted octanol–water partition coefficient (Wildman–Crippen LogP) is 2.71. The van der Waals surface area contributed by atoms with Crippen molar-refractivity contribution in [2.45, 2.75) is 0 Å². The molecule has 0 bridgehead atoms. The molecule has 94 valence electrons. The van der Waals surface area contributed by atoms with Gasteiger partial charge in [0.25, 0.3) is 0 Å². The van der Waals surface area contributed by atoms with Crippen LogP contribution in [0.5, 0.6) is 0 Å². The third kappa shape index (κ3) is 2.52. The molecule has 0 radical (unpaired) electrons. The van der Waals surface area contributed by atoms with E-state index < -0.39 is 0 Å². The van der Waals surface area contributed by atoms with Crippen molar-refractivity contribution in [1.82, 2.24) is 15.0 Å². The highest BCUT2D eigenvalue weighted by Gasteiger charge is 2.08. The molecule has 0 unspecified atom stereocenters. The van der Waals surface area contributed by atoms with Crippen LogP contribution in [0.1, 0.15) is 0 Å². The van der Waals surface area contributed by atoms with Crippen LogP contribution in [0, 0.1) is 0 Å². The number of hydrogen-bond donors (Lipinski definition) is 1. The van der Waals surface area contributed by atoms with E-state index in [4.69, 9.17) is 10.2 Å². The molecule has 18 heavy (non-hydrogen) atoms. The quantitative estimate of drug-likeness (QED) is 0.695. The number of halogens is 2. The van der Waals surface area contributed by atoms with Crippen molar-refractivity contribution < 1.29 is 4.42 Å². The molecule has 3 aromatic rings. The third-order valence-electron chi connectivity index (χ3n) is 2.23. The van der Waals surface area contributed by atoms with Crippen LogP contribution in [0.15, 0.2) is 41.2 Å². The summed E-state index contributed by atoms with van der Waals surface area (Å²) in [4.78, 5) is 12.1. The Hall–Kier alpha value is -1.85. The van der Waals surface area contributed by atoms with Gasteiger partial charge in [-0.05, 0) is 24.3 Å². The fourth-order valence-electron chi connectivity index (χ4n) is 1.44. The Labute approximate surface area is 115 Å². The summed E-state index contributed by atoms with van der Waals surface area (Å²) in [6, 6.07) is 7.31. The predicted molar refractivity (Wildman–Crippen MR) is 73.9 cm³/mol. The Morgan fingerprint density at radius 3 is 2.44 bits per heavy atom. The minimum absolute atomic E-state index is 0. The van der Waals surface area contributed by atoms with Crippen LogP contribution in [0.4, 0.5) is 5.69 Å². The largest absolute Gasteiger partial charge is 0.418 e. The first kappa shape index (κ1) is 14.2. The lowest BCUT2D eigenvalue weighted by molar-refractivity contribution is 0.607. The second kappa shape index (κ2) is 5.66. The maximum atomic E-state index is 5.61. The number of aromatic nitrogens is 3. The van der Waals surface area contributed by atoms with Crippen LogP contribution in [-0.4, -0.2) is 15.0 Å². The molecule has 0 aliphatic heterocycles. The molecule has 0 amide bonds. The Balaban J connectivity index is 0.000000810. The minimum atomic E-state index is 0. The molecule has 0 spiro atoms. The Kier molecular flexibility index (Phi) is 4.47. The summed E-state index contributed by atoms with van der Waals surface area (Å²) in [7, 11) is 0. The molecule has 5 nitrogen and oxygen atoms in total. The highest BCUT2D eigenvalue weighted by Crippen LogP contribution is 2.22. The number of hydrogen-bond acceptors (Lipinski definition) is 5. The molecule has 2 heterocycles. The van der Waals surface area contributed by atoms with Gasteiger partial charge >= 0.3 is 0 Å². The number of nitrogens with zero attached hydrogens (tertiary/aromatic N) is 3. The van der Waals surface area contributed by atoms with Crippen molar-refractivity contribution in [1.29, 1.82) is 0 Å². The number of fused-ring (bicyclic) bond motifs is 1. The summed E-state index contributed by atoms with van der Waals surface area (Å²) in [5.74, 6) is 0.524. The van der Waals surface area contributed by atoms with Gasteiger partial charge < -0.3 is 10.2 Å². The van der Waals surface area contributed by atoms with Crippen LogP contribution in [0.3, 0.4) is 0 Å². The zero-order valence-corrected chi connectivity index (χ0v) is 10.7. The first-order chi connectivity index (χ1) is 7.83. The van der Waals surface area contributed by atoms with Crippen molar-refractivity contribution in [3.05, 3.63) is 36.8 Å². The lowest BCUT2D eigenvalue weighted by Crippen LogP contribution is -1.83. The topological polar surface area (TPSA) is 77.8 Å². The van der Waals surface area contributed by atoms with Gasteiger partial charge in [-0.2, -0.15) is 4.98 Å². The highest BCUT2D eigenvalue weighted by molar-refractivity contribution is 5.85. The maximum absolute atomic E-state index is 5.61. The molecule has 0 saturated carbocycles. The van der Waals surface area contributed by atoms with Crippen LogP contribution in [-0.2, 0) is 0 Å². The van der Waals surface area contributed by atoms with Crippen LogP contribution in [0.2, 0.25) is 0 Å². The van der Waals surface area contributed by atoms with Gasteiger partial charge in [-0.25, -0.2) is 9.97 Å². The summed E-state index contributed by atoms with van der Waals surface area (Å²) >= 11 is 0. The van der Waals surface area contributed by atoms with Crippen LogP contribution < -0.4 is 5.73 Å². The van der Waals surface area contributed by atoms with Gasteiger partial charge in [0.05, 0.1) is 6.20 Å². The highest BCUT2D eigenvalue weighted by atomic mass is 35.5. The molecule has 0 atom stereocenters. The zero-order chi connectivity index (χ0) is 11.0. The molecule has 0 aliphatic rings. The third-order valence-corrected chi connectivity index (χ3v) is 2.23. The van der Waals surface area contributed by atoms with Crippen molar-refractivity contribution in [3.63, 3.8) is 0 Å².